The van der Waals surface area contributed by atoms with E-state index < -0.39 is 0 Å². The molecule has 1 aromatic rings. The van der Waals surface area contributed by atoms with Crippen molar-refractivity contribution in [2.45, 2.75) is 25.9 Å². The molecule has 5 heteroatoms. The van der Waals surface area contributed by atoms with Gasteiger partial charge >= 0.3 is 0 Å². The summed E-state index contributed by atoms with van der Waals surface area (Å²) in [5, 5.41) is 0. The smallest absolute Gasteiger partial charge is 0.141 e. The molecule has 3 atom stereocenters. The molecular weight excluding hydrogens is 261 g/mol. The Morgan fingerprint density at radius 3 is 3.00 bits per heavy atom. The summed E-state index contributed by atoms with van der Waals surface area (Å²) >= 11 is 2.01. The molecule has 1 aliphatic rings. The second kappa shape index (κ2) is 6.68. The number of nitrogens with two attached hydrogens (primary N) is 1. The lowest BCUT2D eigenvalue weighted by Gasteiger charge is -2.36. The highest BCUT2D eigenvalue weighted by Gasteiger charge is 2.24. The van der Waals surface area contributed by atoms with E-state index in [0.29, 0.717) is 12.0 Å². The van der Waals surface area contributed by atoms with E-state index in [1.807, 2.05) is 11.8 Å². The zero-order valence-corrected chi connectivity index (χ0v) is 12.4. The summed E-state index contributed by atoms with van der Waals surface area (Å²) < 4.78 is 12.9. The second-order valence-corrected chi connectivity index (χ2v) is 6.47. The molecule has 1 fully saturated rings. The maximum atomic E-state index is 12.9. The van der Waals surface area contributed by atoms with Gasteiger partial charge in [0.2, 0.25) is 0 Å². The first-order chi connectivity index (χ1) is 9.08. The van der Waals surface area contributed by atoms with E-state index in [-0.39, 0.29) is 11.9 Å². The number of halogens is 1. The number of aromatic nitrogens is 1. The lowest BCUT2D eigenvalue weighted by Crippen LogP contribution is -2.44. The van der Waals surface area contributed by atoms with Crippen molar-refractivity contribution in [2.24, 2.45) is 11.7 Å². The summed E-state index contributed by atoms with van der Waals surface area (Å²) in [6.07, 6.45) is 1.24. The van der Waals surface area contributed by atoms with E-state index in [1.54, 1.807) is 6.07 Å². The van der Waals surface area contributed by atoms with Gasteiger partial charge in [-0.15, -0.1) is 0 Å². The van der Waals surface area contributed by atoms with Crippen molar-refractivity contribution in [1.29, 1.82) is 0 Å². The Labute approximate surface area is 118 Å². The predicted molar refractivity (Wildman–Crippen MR) is 78.6 cm³/mol. The van der Waals surface area contributed by atoms with Gasteiger partial charge in [-0.3, -0.25) is 9.88 Å². The first kappa shape index (κ1) is 14.8. The number of pyridine rings is 1. The highest BCUT2D eigenvalue weighted by molar-refractivity contribution is 7.99. The van der Waals surface area contributed by atoms with Crippen LogP contribution in [0.5, 0.6) is 0 Å². The fourth-order valence-corrected chi connectivity index (χ4v) is 3.47. The van der Waals surface area contributed by atoms with Crippen LogP contribution in [-0.2, 0) is 0 Å². The number of thioether (sulfide) groups is 1. The minimum atomic E-state index is -0.315. The molecule has 3 nitrogen and oxygen atoms in total. The summed E-state index contributed by atoms with van der Waals surface area (Å²) in [5.74, 6) is 2.38. The van der Waals surface area contributed by atoms with Crippen LogP contribution in [0.15, 0.2) is 18.3 Å². The van der Waals surface area contributed by atoms with E-state index in [4.69, 9.17) is 5.73 Å². The molecule has 0 bridgehead atoms. The Bertz CT molecular complexity index is 398. The first-order valence-electron chi connectivity index (χ1n) is 6.76. The van der Waals surface area contributed by atoms with Crippen LogP contribution in [0, 0.1) is 11.7 Å². The third-order valence-electron chi connectivity index (χ3n) is 3.73. The molecule has 2 rings (SSSR count). The van der Waals surface area contributed by atoms with Crippen LogP contribution >= 0.6 is 11.8 Å². The lowest BCUT2D eigenvalue weighted by molar-refractivity contribution is 0.189. The summed E-state index contributed by atoms with van der Waals surface area (Å²) in [6, 6.07) is 3.58. The van der Waals surface area contributed by atoms with Gasteiger partial charge in [0.05, 0.1) is 17.9 Å². The molecule has 0 aliphatic carbocycles. The van der Waals surface area contributed by atoms with Crippen molar-refractivity contribution >= 4 is 11.8 Å². The number of rotatable bonds is 4. The van der Waals surface area contributed by atoms with Crippen LogP contribution in [0.2, 0.25) is 0 Å². The van der Waals surface area contributed by atoms with E-state index in [2.05, 4.69) is 23.7 Å². The van der Waals surface area contributed by atoms with Gasteiger partial charge in [0.1, 0.15) is 5.82 Å². The summed E-state index contributed by atoms with van der Waals surface area (Å²) in [6.45, 7) is 6.51. The zero-order valence-electron chi connectivity index (χ0n) is 11.6. The molecular formula is C14H22FN3S. The van der Waals surface area contributed by atoms with Gasteiger partial charge in [0, 0.05) is 30.6 Å². The average molecular weight is 283 g/mol. The van der Waals surface area contributed by atoms with Gasteiger partial charge in [0.15, 0.2) is 0 Å². The van der Waals surface area contributed by atoms with Crippen molar-refractivity contribution in [3.8, 4) is 0 Å². The Hall–Kier alpha value is -0.650. The second-order valence-electron chi connectivity index (χ2n) is 5.32. The molecule has 3 unspecified atom stereocenters. The normalized spacial score (nSPS) is 24.1. The zero-order chi connectivity index (χ0) is 13.8. The standard InChI is InChI=1S/C14H22FN3S/c1-10(8-18-5-6-19-9-11(18)2)14(16)13-4-3-12(15)7-17-13/h3-4,7,10-11,14H,5-6,8-9,16H2,1-2H3. The van der Waals surface area contributed by atoms with Crippen LogP contribution < -0.4 is 5.73 Å². The van der Waals surface area contributed by atoms with E-state index in [1.165, 1.54) is 23.8 Å². The summed E-state index contributed by atoms with van der Waals surface area (Å²) in [4.78, 5) is 6.58. The Kier molecular flexibility index (Phi) is 5.19. The number of nitrogens with zero attached hydrogens (tertiary/aromatic N) is 2. The fraction of sp³-hybridized carbons (Fsp3) is 0.643. The van der Waals surface area contributed by atoms with Gasteiger partial charge in [0.25, 0.3) is 0 Å². The van der Waals surface area contributed by atoms with Crippen molar-refractivity contribution in [2.75, 3.05) is 24.6 Å². The molecule has 0 radical (unpaired) electrons. The molecule has 2 N–H and O–H groups in total. The van der Waals surface area contributed by atoms with Gasteiger partial charge < -0.3 is 5.73 Å². The summed E-state index contributed by atoms with van der Waals surface area (Å²) in [7, 11) is 0. The van der Waals surface area contributed by atoms with Crippen LogP contribution in [0.25, 0.3) is 0 Å². The molecule has 1 aliphatic heterocycles. The van der Waals surface area contributed by atoms with Crippen molar-refractivity contribution in [3.63, 3.8) is 0 Å². The van der Waals surface area contributed by atoms with Crippen LogP contribution in [0.1, 0.15) is 25.6 Å². The highest BCUT2D eigenvalue weighted by Crippen LogP contribution is 2.22. The predicted octanol–water partition coefficient (Wildman–Crippen LogP) is 2.29. The Morgan fingerprint density at radius 2 is 2.37 bits per heavy atom. The number of hydrogen-bond donors (Lipinski definition) is 1. The molecule has 0 saturated carbocycles. The average Bonchev–Trinajstić information content (AvgIpc) is 2.41. The van der Waals surface area contributed by atoms with E-state index in [0.717, 1.165) is 18.8 Å². The van der Waals surface area contributed by atoms with Gasteiger partial charge in [-0.1, -0.05) is 6.92 Å². The van der Waals surface area contributed by atoms with Crippen LogP contribution in [0.3, 0.4) is 0 Å². The molecule has 0 aromatic carbocycles. The third kappa shape index (κ3) is 3.91. The Morgan fingerprint density at radius 1 is 1.58 bits per heavy atom. The molecule has 2 heterocycles. The molecule has 19 heavy (non-hydrogen) atoms. The van der Waals surface area contributed by atoms with E-state index in [9.17, 15) is 4.39 Å². The minimum absolute atomic E-state index is 0.137. The minimum Gasteiger partial charge on any atom is -0.322 e. The van der Waals surface area contributed by atoms with Crippen molar-refractivity contribution < 1.29 is 4.39 Å². The first-order valence-corrected chi connectivity index (χ1v) is 7.92. The maximum absolute atomic E-state index is 12.9. The van der Waals surface area contributed by atoms with Crippen molar-refractivity contribution in [3.05, 3.63) is 29.8 Å². The summed E-state index contributed by atoms with van der Waals surface area (Å²) in [5.41, 5.74) is 7.01. The maximum Gasteiger partial charge on any atom is 0.141 e. The monoisotopic (exact) mass is 283 g/mol. The van der Waals surface area contributed by atoms with E-state index >= 15 is 0 Å². The molecule has 1 aromatic heterocycles. The highest BCUT2D eigenvalue weighted by atomic mass is 32.2. The van der Waals surface area contributed by atoms with Gasteiger partial charge in [-0.25, -0.2) is 4.39 Å². The lowest BCUT2D eigenvalue weighted by atomic mass is 9.98. The molecule has 106 valence electrons. The van der Waals surface area contributed by atoms with Crippen molar-refractivity contribution in [1.82, 2.24) is 9.88 Å². The topological polar surface area (TPSA) is 42.1 Å². The fourth-order valence-electron chi connectivity index (χ4n) is 2.39. The van der Waals surface area contributed by atoms with Crippen LogP contribution in [-0.4, -0.2) is 40.5 Å². The third-order valence-corrected chi connectivity index (χ3v) is 4.92. The SMILES string of the molecule is CC(CN1CCSCC1C)C(N)c1ccc(F)cn1. The van der Waals surface area contributed by atoms with Gasteiger partial charge in [-0.2, -0.15) is 11.8 Å². The molecule has 0 spiro atoms. The quantitative estimate of drug-likeness (QED) is 0.920. The van der Waals surface area contributed by atoms with Gasteiger partial charge in [-0.05, 0) is 25.0 Å². The molecule has 0 amide bonds. The number of hydrogen-bond acceptors (Lipinski definition) is 4. The largest absolute Gasteiger partial charge is 0.322 e. The molecule has 1 saturated heterocycles. The Balaban J connectivity index is 1.94. The van der Waals surface area contributed by atoms with Crippen LogP contribution in [0.4, 0.5) is 4.39 Å².